The molecule has 0 saturated carbocycles. The minimum absolute atomic E-state index is 0.0279. The average molecular weight is 437 g/mol. The molecule has 5 aromatic rings. The quantitative estimate of drug-likeness (QED) is 0.443. The first-order chi connectivity index (χ1) is 15.0. The monoisotopic (exact) mass is 436 g/mol. The summed E-state index contributed by atoms with van der Waals surface area (Å²) in [5.41, 5.74) is 0.953. The van der Waals surface area contributed by atoms with Crippen LogP contribution < -0.4 is 10.9 Å². The van der Waals surface area contributed by atoms with E-state index < -0.39 is 17.4 Å². The molecule has 4 aromatic heterocycles. The van der Waals surface area contributed by atoms with E-state index in [9.17, 15) is 9.18 Å². The molecular formula is C20H14ClFN8O. The lowest BCUT2D eigenvalue weighted by Gasteiger charge is -2.20. The van der Waals surface area contributed by atoms with E-state index in [1.54, 1.807) is 25.1 Å². The summed E-state index contributed by atoms with van der Waals surface area (Å²) in [5.74, 6) is 0.114. The molecule has 0 amide bonds. The van der Waals surface area contributed by atoms with Gasteiger partial charge in [-0.3, -0.25) is 14.3 Å². The van der Waals surface area contributed by atoms with Crippen molar-refractivity contribution in [3.8, 4) is 5.69 Å². The number of pyridine rings is 1. The topological polar surface area (TPSA) is 114 Å². The van der Waals surface area contributed by atoms with Gasteiger partial charge in [0.1, 0.15) is 29.2 Å². The average Bonchev–Trinajstić information content (AvgIpc) is 3.24. The molecule has 4 heterocycles. The number of hydrogen-bond acceptors (Lipinski definition) is 7. The predicted octanol–water partition coefficient (Wildman–Crippen LogP) is 3.41. The number of nitrogens with zero attached hydrogens (tertiary/aromatic N) is 6. The van der Waals surface area contributed by atoms with E-state index >= 15 is 0 Å². The van der Waals surface area contributed by atoms with Crippen LogP contribution in [0.25, 0.3) is 27.8 Å². The number of halogens is 2. The van der Waals surface area contributed by atoms with Crippen LogP contribution in [-0.4, -0.2) is 34.5 Å². The fourth-order valence-electron chi connectivity index (χ4n) is 3.41. The molecular weight excluding hydrogens is 423 g/mol. The van der Waals surface area contributed by atoms with Gasteiger partial charge in [0, 0.05) is 6.20 Å². The summed E-state index contributed by atoms with van der Waals surface area (Å²) in [6, 6.07) is 5.59. The summed E-state index contributed by atoms with van der Waals surface area (Å²) in [7, 11) is 0. The first-order valence-electron chi connectivity index (χ1n) is 9.26. The Morgan fingerprint density at radius 3 is 2.94 bits per heavy atom. The van der Waals surface area contributed by atoms with Gasteiger partial charge in [0.05, 0.1) is 34.5 Å². The Balaban J connectivity index is 1.74. The van der Waals surface area contributed by atoms with Gasteiger partial charge in [-0.15, -0.1) is 0 Å². The third kappa shape index (κ3) is 3.17. The number of H-pyrrole nitrogens is 1. The Bertz CT molecular complexity index is 1500. The maximum atomic E-state index is 14.7. The molecule has 31 heavy (non-hydrogen) atoms. The molecule has 0 radical (unpaired) electrons. The van der Waals surface area contributed by atoms with Gasteiger partial charge < -0.3 is 10.3 Å². The molecule has 0 bridgehead atoms. The highest BCUT2D eigenvalue weighted by molar-refractivity contribution is 6.35. The van der Waals surface area contributed by atoms with Crippen molar-refractivity contribution in [2.45, 2.75) is 13.0 Å². The first-order valence-corrected chi connectivity index (χ1v) is 9.64. The van der Waals surface area contributed by atoms with Crippen molar-refractivity contribution in [3.63, 3.8) is 0 Å². The fourth-order valence-corrected chi connectivity index (χ4v) is 3.66. The largest absolute Gasteiger partial charge is 0.358 e. The van der Waals surface area contributed by atoms with Crippen LogP contribution in [0.3, 0.4) is 0 Å². The van der Waals surface area contributed by atoms with Crippen molar-refractivity contribution >= 4 is 39.5 Å². The van der Waals surface area contributed by atoms with E-state index in [1.165, 1.54) is 35.7 Å². The number of anilines is 1. The lowest BCUT2D eigenvalue weighted by molar-refractivity contribution is 0.604. The van der Waals surface area contributed by atoms with E-state index in [0.29, 0.717) is 22.5 Å². The highest BCUT2D eigenvalue weighted by Gasteiger charge is 2.22. The zero-order valence-electron chi connectivity index (χ0n) is 16.0. The molecule has 1 atom stereocenters. The Labute approximate surface area is 179 Å². The van der Waals surface area contributed by atoms with Crippen molar-refractivity contribution in [2.24, 2.45) is 0 Å². The molecule has 5 rings (SSSR count). The van der Waals surface area contributed by atoms with E-state index in [2.05, 4.69) is 35.2 Å². The molecule has 154 valence electrons. The summed E-state index contributed by atoms with van der Waals surface area (Å²) in [5, 5.41) is 3.63. The van der Waals surface area contributed by atoms with Crippen molar-refractivity contribution in [2.75, 3.05) is 5.32 Å². The molecule has 2 N–H and O–H groups in total. The second kappa shape index (κ2) is 7.40. The Kier molecular flexibility index (Phi) is 4.55. The standard InChI is InChI=1S/C20H14ClFN8O/c1-10(28-18-16-17(25-8-24-16)26-9-27-18)19-29-13-4-2-3-11(21)15(13)20(31)30(19)14-7-23-6-5-12(14)22/h2-10H,1H3,(H2,24,25,26,27,28)/t10-/m1/s1. The highest BCUT2D eigenvalue weighted by atomic mass is 35.5. The molecule has 0 fully saturated rings. The maximum absolute atomic E-state index is 14.7. The van der Waals surface area contributed by atoms with Gasteiger partial charge >= 0.3 is 0 Å². The number of fused-ring (bicyclic) bond motifs is 2. The summed E-state index contributed by atoms with van der Waals surface area (Å²) in [6.07, 6.45) is 5.46. The third-order valence-corrected chi connectivity index (χ3v) is 5.14. The van der Waals surface area contributed by atoms with Gasteiger partial charge in [0.15, 0.2) is 11.5 Å². The van der Waals surface area contributed by atoms with Gasteiger partial charge in [0.25, 0.3) is 5.56 Å². The van der Waals surface area contributed by atoms with E-state index in [4.69, 9.17) is 11.6 Å². The minimum atomic E-state index is -0.614. The normalized spacial score (nSPS) is 12.4. The van der Waals surface area contributed by atoms with Gasteiger partial charge in [-0.1, -0.05) is 17.7 Å². The number of nitrogens with one attached hydrogen (secondary N) is 2. The van der Waals surface area contributed by atoms with Crippen LogP contribution in [-0.2, 0) is 0 Å². The summed E-state index contributed by atoms with van der Waals surface area (Å²) < 4.78 is 15.9. The molecule has 0 aliphatic heterocycles. The Hall–Kier alpha value is -3.92. The van der Waals surface area contributed by atoms with Crippen LogP contribution in [0.5, 0.6) is 0 Å². The van der Waals surface area contributed by atoms with Crippen LogP contribution in [0, 0.1) is 5.82 Å². The van der Waals surface area contributed by atoms with E-state index in [0.717, 1.165) is 0 Å². The van der Waals surface area contributed by atoms with Crippen LogP contribution in [0.2, 0.25) is 5.02 Å². The lowest BCUT2D eigenvalue weighted by atomic mass is 10.2. The summed E-state index contributed by atoms with van der Waals surface area (Å²) in [6.45, 7) is 1.78. The molecule has 0 saturated heterocycles. The van der Waals surface area contributed by atoms with E-state index in [-0.39, 0.29) is 21.9 Å². The second-order valence-electron chi connectivity index (χ2n) is 6.76. The Morgan fingerprint density at radius 1 is 1.23 bits per heavy atom. The van der Waals surface area contributed by atoms with Crippen molar-refractivity contribution in [1.29, 1.82) is 0 Å². The summed E-state index contributed by atoms with van der Waals surface area (Å²) >= 11 is 6.27. The fraction of sp³-hybridized carbons (Fsp3) is 0.100. The van der Waals surface area contributed by atoms with Gasteiger partial charge in [-0.05, 0) is 25.1 Å². The van der Waals surface area contributed by atoms with E-state index in [1.807, 2.05) is 0 Å². The Morgan fingerprint density at radius 2 is 2.10 bits per heavy atom. The molecule has 11 heteroatoms. The predicted molar refractivity (Wildman–Crippen MR) is 114 cm³/mol. The van der Waals surface area contributed by atoms with Crippen LogP contribution in [0.4, 0.5) is 10.2 Å². The lowest BCUT2D eigenvalue weighted by Crippen LogP contribution is -2.28. The number of hydrogen-bond donors (Lipinski definition) is 2. The zero-order chi connectivity index (χ0) is 21.5. The number of aromatic nitrogens is 7. The minimum Gasteiger partial charge on any atom is -0.358 e. The van der Waals surface area contributed by atoms with Crippen LogP contribution >= 0.6 is 11.6 Å². The third-order valence-electron chi connectivity index (χ3n) is 4.83. The van der Waals surface area contributed by atoms with Crippen molar-refractivity contribution in [3.05, 3.63) is 76.3 Å². The van der Waals surface area contributed by atoms with Gasteiger partial charge in [-0.25, -0.2) is 24.3 Å². The first kappa shape index (κ1) is 19.1. The number of benzene rings is 1. The zero-order valence-corrected chi connectivity index (χ0v) is 16.8. The highest BCUT2D eigenvalue weighted by Crippen LogP contribution is 2.26. The second-order valence-corrected chi connectivity index (χ2v) is 7.17. The van der Waals surface area contributed by atoms with Gasteiger partial charge in [0.2, 0.25) is 0 Å². The maximum Gasteiger partial charge on any atom is 0.267 e. The molecule has 1 aromatic carbocycles. The summed E-state index contributed by atoms with van der Waals surface area (Å²) in [4.78, 5) is 37.4. The van der Waals surface area contributed by atoms with Gasteiger partial charge in [-0.2, -0.15) is 0 Å². The van der Waals surface area contributed by atoms with Crippen molar-refractivity contribution < 1.29 is 4.39 Å². The molecule has 0 spiro atoms. The molecule has 0 unspecified atom stereocenters. The van der Waals surface area contributed by atoms with Crippen LogP contribution in [0.15, 0.2) is 54.1 Å². The SMILES string of the molecule is C[C@@H](Nc1ncnc2nc[nH]c12)c1nc2cccc(Cl)c2c(=O)n1-c1cnccc1F. The van der Waals surface area contributed by atoms with Crippen LogP contribution in [0.1, 0.15) is 18.8 Å². The number of imidazole rings is 1. The molecule has 0 aliphatic rings. The number of aromatic amines is 1. The number of rotatable bonds is 4. The molecule has 0 aliphatic carbocycles. The molecule has 9 nitrogen and oxygen atoms in total. The smallest absolute Gasteiger partial charge is 0.267 e. The van der Waals surface area contributed by atoms with Crippen molar-refractivity contribution in [1.82, 2.24) is 34.5 Å².